The van der Waals surface area contributed by atoms with E-state index in [-0.39, 0.29) is 24.0 Å². The van der Waals surface area contributed by atoms with Crippen LogP contribution >= 0.6 is 24.0 Å². The molecule has 0 atom stereocenters. The first-order chi connectivity index (χ1) is 14.7. The van der Waals surface area contributed by atoms with Crippen LogP contribution in [0.1, 0.15) is 5.56 Å². The maximum absolute atomic E-state index is 6.07. The Bertz CT molecular complexity index is 844. The van der Waals surface area contributed by atoms with Crippen molar-refractivity contribution in [1.29, 1.82) is 0 Å². The van der Waals surface area contributed by atoms with Crippen molar-refractivity contribution < 1.29 is 18.9 Å². The lowest BCUT2D eigenvalue weighted by molar-refractivity contribution is 0.0322. The number of para-hydroxylation sites is 1. The van der Waals surface area contributed by atoms with Crippen molar-refractivity contribution in [3.05, 3.63) is 48.0 Å². The molecule has 31 heavy (non-hydrogen) atoms. The van der Waals surface area contributed by atoms with Gasteiger partial charge in [-0.1, -0.05) is 18.2 Å². The fourth-order valence-electron chi connectivity index (χ4n) is 3.16. The minimum atomic E-state index is 0. The summed E-state index contributed by atoms with van der Waals surface area (Å²) in [5.41, 5.74) is 7.82. The summed E-state index contributed by atoms with van der Waals surface area (Å²) in [5, 5.41) is 3.08. The molecule has 8 nitrogen and oxygen atoms in total. The molecule has 0 radical (unpaired) electrons. The number of aliphatic imine (C=N–C) groups is 1. The number of morpholine rings is 1. The molecule has 170 valence electrons. The van der Waals surface area contributed by atoms with E-state index in [4.69, 9.17) is 24.7 Å². The van der Waals surface area contributed by atoms with Crippen LogP contribution in [0.3, 0.4) is 0 Å². The lowest BCUT2D eigenvalue weighted by Gasteiger charge is -2.26. The number of guanidine groups is 1. The van der Waals surface area contributed by atoms with E-state index in [1.54, 1.807) is 14.2 Å². The summed E-state index contributed by atoms with van der Waals surface area (Å²) < 4.78 is 21.9. The number of nitrogens with zero attached hydrogens (tertiary/aromatic N) is 2. The Hall–Kier alpha value is -2.24. The Morgan fingerprint density at radius 2 is 1.81 bits per heavy atom. The lowest BCUT2D eigenvalue weighted by atomic mass is 10.2. The topological polar surface area (TPSA) is 90.6 Å². The van der Waals surface area contributed by atoms with Crippen molar-refractivity contribution in [1.82, 2.24) is 4.90 Å². The number of hydrogen-bond donors (Lipinski definition) is 2. The zero-order chi connectivity index (χ0) is 21.2. The van der Waals surface area contributed by atoms with Crippen LogP contribution in [0.4, 0.5) is 5.69 Å². The van der Waals surface area contributed by atoms with Gasteiger partial charge in [0, 0.05) is 37.0 Å². The Morgan fingerprint density at radius 1 is 1.06 bits per heavy atom. The molecular formula is C22H31IN4O4. The van der Waals surface area contributed by atoms with Crippen molar-refractivity contribution in [2.45, 2.75) is 6.54 Å². The third-order valence-electron chi connectivity index (χ3n) is 4.82. The van der Waals surface area contributed by atoms with Crippen LogP contribution in [0.15, 0.2) is 47.5 Å². The molecule has 0 saturated carbocycles. The normalized spacial score (nSPS) is 14.5. The Morgan fingerprint density at radius 3 is 2.55 bits per heavy atom. The van der Waals surface area contributed by atoms with Crippen LogP contribution in [0.25, 0.3) is 0 Å². The first-order valence-electron chi connectivity index (χ1n) is 9.99. The van der Waals surface area contributed by atoms with Gasteiger partial charge in [-0.15, -0.1) is 24.0 Å². The summed E-state index contributed by atoms with van der Waals surface area (Å²) in [5.74, 6) is 2.41. The maximum atomic E-state index is 6.07. The van der Waals surface area contributed by atoms with Gasteiger partial charge >= 0.3 is 0 Å². The molecule has 1 fully saturated rings. The van der Waals surface area contributed by atoms with Crippen LogP contribution in [0, 0.1) is 0 Å². The highest BCUT2D eigenvalue weighted by atomic mass is 127. The molecular weight excluding hydrogens is 511 g/mol. The summed E-state index contributed by atoms with van der Waals surface area (Å²) in [6, 6.07) is 13.4. The fourth-order valence-corrected chi connectivity index (χ4v) is 3.16. The SMILES string of the molecule is COc1ccc(NC(N)=NCc2ccccc2OCCN2CCOCC2)cc1OC.I. The molecule has 1 aliphatic heterocycles. The Balaban J connectivity index is 0.00000341. The van der Waals surface area contributed by atoms with Crippen molar-refractivity contribution >= 4 is 35.6 Å². The first kappa shape index (κ1) is 25.0. The molecule has 0 amide bonds. The van der Waals surface area contributed by atoms with Crippen LogP contribution in [0.5, 0.6) is 17.2 Å². The quantitative estimate of drug-likeness (QED) is 0.286. The number of hydrogen-bond acceptors (Lipinski definition) is 6. The van der Waals surface area contributed by atoms with Gasteiger partial charge in [0.15, 0.2) is 17.5 Å². The number of anilines is 1. The largest absolute Gasteiger partial charge is 0.493 e. The predicted molar refractivity (Wildman–Crippen MR) is 133 cm³/mol. The van der Waals surface area contributed by atoms with E-state index in [0.29, 0.717) is 30.6 Å². The molecule has 0 unspecified atom stereocenters. The average molecular weight is 542 g/mol. The molecule has 0 aromatic heterocycles. The minimum absolute atomic E-state index is 0. The standard InChI is InChI=1S/C22H30N4O4.HI/c1-27-20-8-7-18(15-21(20)28-2)25-22(23)24-16-17-5-3-4-6-19(17)30-14-11-26-9-12-29-13-10-26;/h3-8,15H,9-14,16H2,1-2H3,(H3,23,24,25);1H. The second-order valence-electron chi connectivity index (χ2n) is 6.81. The van der Waals surface area contributed by atoms with Crippen LogP contribution in [-0.4, -0.2) is 64.5 Å². The zero-order valence-electron chi connectivity index (χ0n) is 18.0. The second kappa shape index (κ2) is 13.2. The molecule has 2 aromatic carbocycles. The molecule has 0 spiro atoms. The number of rotatable bonds is 9. The van der Waals surface area contributed by atoms with Gasteiger partial charge in [0.2, 0.25) is 0 Å². The summed E-state index contributed by atoms with van der Waals surface area (Å²) in [6.45, 7) is 5.40. The second-order valence-corrected chi connectivity index (χ2v) is 6.81. The summed E-state index contributed by atoms with van der Waals surface area (Å²) >= 11 is 0. The molecule has 0 aliphatic carbocycles. The van der Waals surface area contributed by atoms with Crippen molar-refractivity contribution in [3.8, 4) is 17.2 Å². The summed E-state index contributed by atoms with van der Waals surface area (Å²) in [7, 11) is 3.19. The molecule has 1 heterocycles. The fraction of sp³-hybridized carbons (Fsp3) is 0.409. The number of nitrogens with one attached hydrogen (secondary N) is 1. The number of nitrogens with two attached hydrogens (primary N) is 1. The molecule has 3 N–H and O–H groups in total. The minimum Gasteiger partial charge on any atom is -0.493 e. The van der Waals surface area contributed by atoms with E-state index in [9.17, 15) is 0 Å². The molecule has 3 rings (SSSR count). The van der Waals surface area contributed by atoms with E-state index in [2.05, 4.69) is 15.2 Å². The Labute approximate surface area is 200 Å². The number of methoxy groups -OCH3 is 2. The monoisotopic (exact) mass is 542 g/mol. The average Bonchev–Trinajstić information content (AvgIpc) is 2.79. The van der Waals surface area contributed by atoms with Gasteiger partial charge in [-0.3, -0.25) is 4.90 Å². The third kappa shape index (κ3) is 7.75. The lowest BCUT2D eigenvalue weighted by Crippen LogP contribution is -2.38. The van der Waals surface area contributed by atoms with Crippen LogP contribution < -0.4 is 25.3 Å². The number of benzene rings is 2. The zero-order valence-corrected chi connectivity index (χ0v) is 20.3. The highest BCUT2D eigenvalue weighted by Gasteiger charge is 2.11. The van der Waals surface area contributed by atoms with Gasteiger partial charge in [-0.05, 0) is 18.2 Å². The number of halogens is 1. The van der Waals surface area contributed by atoms with E-state index in [1.165, 1.54) is 0 Å². The van der Waals surface area contributed by atoms with E-state index in [1.807, 2.05) is 42.5 Å². The van der Waals surface area contributed by atoms with Gasteiger partial charge in [0.25, 0.3) is 0 Å². The summed E-state index contributed by atoms with van der Waals surface area (Å²) in [4.78, 5) is 6.79. The van der Waals surface area contributed by atoms with E-state index in [0.717, 1.165) is 49.8 Å². The Kier molecular flexibility index (Phi) is 10.7. The highest BCUT2D eigenvalue weighted by molar-refractivity contribution is 14.0. The maximum Gasteiger partial charge on any atom is 0.193 e. The molecule has 1 aliphatic rings. The van der Waals surface area contributed by atoms with Gasteiger partial charge in [-0.25, -0.2) is 4.99 Å². The van der Waals surface area contributed by atoms with Crippen molar-refractivity contribution in [2.24, 2.45) is 10.7 Å². The first-order valence-corrected chi connectivity index (χ1v) is 9.99. The van der Waals surface area contributed by atoms with Gasteiger partial charge in [0.05, 0.1) is 34.0 Å². The smallest absolute Gasteiger partial charge is 0.193 e. The molecule has 2 aromatic rings. The number of ether oxygens (including phenoxy) is 4. The van der Waals surface area contributed by atoms with Crippen LogP contribution in [-0.2, 0) is 11.3 Å². The van der Waals surface area contributed by atoms with Crippen molar-refractivity contribution in [3.63, 3.8) is 0 Å². The van der Waals surface area contributed by atoms with Crippen LogP contribution in [0.2, 0.25) is 0 Å². The molecule has 1 saturated heterocycles. The van der Waals surface area contributed by atoms with Crippen molar-refractivity contribution in [2.75, 3.05) is 59.0 Å². The van der Waals surface area contributed by atoms with E-state index >= 15 is 0 Å². The van der Waals surface area contributed by atoms with Gasteiger partial charge in [-0.2, -0.15) is 0 Å². The van der Waals surface area contributed by atoms with E-state index < -0.39 is 0 Å². The third-order valence-corrected chi connectivity index (χ3v) is 4.82. The summed E-state index contributed by atoms with van der Waals surface area (Å²) in [6.07, 6.45) is 0. The highest BCUT2D eigenvalue weighted by Crippen LogP contribution is 2.29. The van der Waals surface area contributed by atoms with Gasteiger partial charge in [0.1, 0.15) is 12.4 Å². The molecule has 9 heteroatoms. The van der Waals surface area contributed by atoms with Gasteiger partial charge < -0.3 is 30.0 Å². The molecule has 0 bridgehead atoms. The predicted octanol–water partition coefficient (Wildman–Crippen LogP) is 2.96.